The van der Waals surface area contributed by atoms with Gasteiger partial charge in [0, 0.05) is 27.5 Å². The van der Waals surface area contributed by atoms with Crippen molar-refractivity contribution in [3.05, 3.63) is 26.9 Å². The van der Waals surface area contributed by atoms with Gasteiger partial charge in [0.25, 0.3) is 0 Å². The number of hydrogen-bond acceptors (Lipinski definition) is 3. The Labute approximate surface area is 114 Å². The molecule has 1 aromatic heterocycles. The zero-order valence-corrected chi connectivity index (χ0v) is 11.7. The fourth-order valence-electron chi connectivity index (χ4n) is 1.84. The average molecular weight is 364 g/mol. The number of pyridine rings is 1. The van der Waals surface area contributed by atoms with Crippen molar-refractivity contribution in [3.63, 3.8) is 0 Å². The number of halogens is 2. The summed E-state index contributed by atoms with van der Waals surface area (Å²) >= 11 is 6.60. The van der Waals surface area contributed by atoms with Crippen molar-refractivity contribution in [2.75, 3.05) is 0 Å². The van der Waals surface area contributed by atoms with Gasteiger partial charge >= 0.3 is 5.97 Å². The molecule has 2 atom stereocenters. The Kier molecular flexibility index (Phi) is 3.48. The molecule has 1 aliphatic rings. The molecule has 0 radical (unpaired) electrons. The van der Waals surface area contributed by atoms with E-state index in [-0.39, 0.29) is 12.3 Å². The molecule has 90 valence electrons. The van der Waals surface area contributed by atoms with Gasteiger partial charge in [0.2, 0.25) is 5.91 Å². The number of nitrogens with one attached hydrogen (secondary N) is 1. The maximum Gasteiger partial charge on any atom is 0.326 e. The third-order valence-corrected chi connectivity index (χ3v) is 3.65. The summed E-state index contributed by atoms with van der Waals surface area (Å²) in [4.78, 5) is 26.5. The number of aliphatic carboxylic acids is 1. The Hall–Kier alpha value is -0.950. The third-order valence-electron chi connectivity index (χ3n) is 2.58. The summed E-state index contributed by atoms with van der Waals surface area (Å²) in [6, 6.07) is 0.872. The lowest BCUT2D eigenvalue weighted by Crippen LogP contribution is -2.36. The van der Waals surface area contributed by atoms with Crippen molar-refractivity contribution in [1.82, 2.24) is 10.3 Å². The molecule has 0 bridgehead atoms. The molecule has 1 saturated heterocycles. The minimum Gasteiger partial charge on any atom is -0.480 e. The molecule has 0 spiro atoms. The van der Waals surface area contributed by atoms with Crippen LogP contribution in [0.1, 0.15) is 18.0 Å². The van der Waals surface area contributed by atoms with Crippen LogP contribution >= 0.6 is 31.9 Å². The highest BCUT2D eigenvalue weighted by molar-refractivity contribution is 9.11. The number of carboxylic acids is 1. The van der Waals surface area contributed by atoms with E-state index in [9.17, 15) is 9.59 Å². The van der Waals surface area contributed by atoms with E-state index < -0.39 is 17.9 Å². The number of carbonyl (C=O) groups is 2. The molecule has 0 aliphatic carbocycles. The van der Waals surface area contributed by atoms with Gasteiger partial charge < -0.3 is 10.4 Å². The molecule has 1 aliphatic heterocycles. The Morgan fingerprint density at radius 3 is 2.82 bits per heavy atom. The van der Waals surface area contributed by atoms with Crippen LogP contribution in [-0.2, 0) is 9.59 Å². The number of amides is 1. The molecular weight excluding hydrogens is 356 g/mol. The lowest BCUT2D eigenvalue weighted by Gasteiger charge is -2.15. The van der Waals surface area contributed by atoms with Gasteiger partial charge in [-0.15, -0.1) is 0 Å². The van der Waals surface area contributed by atoms with E-state index in [1.54, 1.807) is 12.3 Å². The second-order valence-electron chi connectivity index (χ2n) is 3.71. The molecule has 2 heterocycles. The van der Waals surface area contributed by atoms with Gasteiger partial charge in [-0.1, -0.05) is 0 Å². The molecule has 2 rings (SSSR count). The Bertz CT molecular complexity index is 492. The fraction of sp³-hybridized carbons (Fsp3) is 0.300. The van der Waals surface area contributed by atoms with Crippen LogP contribution in [0.2, 0.25) is 0 Å². The second kappa shape index (κ2) is 4.73. The van der Waals surface area contributed by atoms with Crippen molar-refractivity contribution in [3.8, 4) is 0 Å². The first-order chi connectivity index (χ1) is 7.99. The molecular formula is C10H8Br2N2O3. The number of rotatable bonds is 2. The summed E-state index contributed by atoms with van der Waals surface area (Å²) < 4.78 is 1.48. The Balaban J connectivity index is 2.38. The number of aromatic nitrogens is 1. The molecule has 1 aromatic rings. The summed E-state index contributed by atoms with van der Waals surface area (Å²) in [6.07, 6.45) is 1.73. The van der Waals surface area contributed by atoms with Crippen LogP contribution in [0.15, 0.2) is 21.2 Å². The summed E-state index contributed by atoms with van der Waals surface area (Å²) in [5, 5.41) is 11.5. The average Bonchev–Trinajstić information content (AvgIpc) is 2.60. The van der Waals surface area contributed by atoms with Crippen molar-refractivity contribution in [2.24, 2.45) is 0 Å². The molecule has 17 heavy (non-hydrogen) atoms. The lowest BCUT2D eigenvalue weighted by molar-refractivity contribution is -0.140. The van der Waals surface area contributed by atoms with Crippen molar-refractivity contribution >= 4 is 43.7 Å². The minimum absolute atomic E-state index is 0.143. The van der Waals surface area contributed by atoms with E-state index >= 15 is 0 Å². The van der Waals surface area contributed by atoms with Crippen LogP contribution < -0.4 is 5.32 Å². The monoisotopic (exact) mass is 362 g/mol. The maximum absolute atomic E-state index is 11.3. The highest BCUT2D eigenvalue weighted by Crippen LogP contribution is 2.33. The highest BCUT2D eigenvalue weighted by atomic mass is 79.9. The minimum atomic E-state index is -1.04. The quantitative estimate of drug-likeness (QED) is 0.837. The molecule has 1 amide bonds. The maximum atomic E-state index is 11.3. The predicted octanol–water partition coefficient (Wildman–Crippen LogP) is 1.66. The summed E-state index contributed by atoms with van der Waals surface area (Å²) in [6.45, 7) is 0. The topological polar surface area (TPSA) is 79.3 Å². The standard InChI is InChI=1S/C10H8Br2N2O3/c11-4-1-6(12)8(13-3-4)5-2-7(15)14-9(5)10(16)17/h1,3,5,9H,2H2,(H,14,15)(H,16,17). The van der Waals surface area contributed by atoms with Crippen LogP contribution in [0.25, 0.3) is 0 Å². The van der Waals surface area contributed by atoms with Crippen LogP contribution in [0.5, 0.6) is 0 Å². The van der Waals surface area contributed by atoms with E-state index in [2.05, 4.69) is 42.2 Å². The Morgan fingerprint density at radius 2 is 2.24 bits per heavy atom. The third kappa shape index (κ3) is 2.50. The van der Waals surface area contributed by atoms with Gasteiger partial charge in [-0.3, -0.25) is 9.78 Å². The molecule has 7 heteroatoms. The van der Waals surface area contributed by atoms with Crippen molar-refractivity contribution < 1.29 is 14.7 Å². The van der Waals surface area contributed by atoms with Crippen molar-refractivity contribution in [1.29, 1.82) is 0 Å². The first kappa shape index (κ1) is 12.5. The molecule has 2 N–H and O–H groups in total. The largest absolute Gasteiger partial charge is 0.480 e. The summed E-state index contributed by atoms with van der Waals surface area (Å²) in [5.41, 5.74) is 0.582. The van der Waals surface area contributed by atoms with Gasteiger partial charge in [0.15, 0.2) is 0 Å². The Morgan fingerprint density at radius 1 is 1.53 bits per heavy atom. The summed E-state index contributed by atoms with van der Waals surface area (Å²) in [5.74, 6) is -1.75. The number of carboxylic acid groups (broad SMARTS) is 1. The zero-order valence-electron chi connectivity index (χ0n) is 8.48. The van der Waals surface area contributed by atoms with Crippen LogP contribution in [0, 0.1) is 0 Å². The first-order valence-corrected chi connectivity index (χ1v) is 6.40. The van der Waals surface area contributed by atoms with E-state index in [1.807, 2.05) is 0 Å². The van der Waals surface area contributed by atoms with Gasteiger partial charge in [-0.25, -0.2) is 4.79 Å². The van der Waals surface area contributed by atoms with E-state index in [1.165, 1.54) is 0 Å². The van der Waals surface area contributed by atoms with Gasteiger partial charge in [0.05, 0.1) is 5.69 Å². The van der Waals surface area contributed by atoms with Crippen molar-refractivity contribution in [2.45, 2.75) is 18.4 Å². The van der Waals surface area contributed by atoms with Crippen LogP contribution in [0.3, 0.4) is 0 Å². The second-order valence-corrected chi connectivity index (χ2v) is 5.48. The molecule has 0 aromatic carbocycles. The molecule has 0 saturated carbocycles. The first-order valence-electron chi connectivity index (χ1n) is 4.82. The predicted molar refractivity (Wildman–Crippen MR) is 66.6 cm³/mol. The normalized spacial score (nSPS) is 23.5. The highest BCUT2D eigenvalue weighted by Gasteiger charge is 2.40. The van der Waals surface area contributed by atoms with Crippen LogP contribution in [-0.4, -0.2) is 28.0 Å². The zero-order chi connectivity index (χ0) is 12.6. The smallest absolute Gasteiger partial charge is 0.326 e. The van der Waals surface area contributed by atoms with Gasteiger partial charge in [0.1, 0.15) is 6.04 Å². The molecule has 2 unspecified atom stereocenters. The van der Waals surface area contributed by atoms with Crippen LogP contribution in [0.4, 0.5) is 0 Å². The fourth-order valence-corrected chi connectivity index (χ4v) is 3.12. The van der Waals surface area contributed by atoms with E-state index in [0.717, 1.165) is 4.47 Å². The number of nitrogens with zero attached hydrogens (tertiary/aromatic N) is 1. The SMILES string of the molecule is O=C1CC(c2ncc(Br)cc2Br)C(C(=O)O)N1. The number of carbonyl (C=O) groups excluding carboxylic acids is 1. The van der Waals surface area contributed by atoms with Gasteiger partial charge in [-0.2, -0.15) is 0 Å². The molecule has 1 fully saturated rings. The number of hydrogen-bond donors (Lipinski definition) is 2. The lowest BCUT2D eigenvalue weighted by atomic mass is 9.96. The molecule has 5 nitrogen and oxygen atoms in total. The summed E-state index contributed by atoms with van der Waals surface area (Å²) in [7, 11) is 0. The van der Waals surface area contributed by atoms with Gasteiger partial charge in [-0.05, 0) is 37.9 Å². The van der Waals surface area contributed by atoms with E-state index in [4.69, 9.17) is 5.11 Å². The van der Waals surface area contributed by atoms with E-state index in [0.29, 0.717) is 10.2 Å².